The van der Waals surface area contributed by atoms with Crippen LogP contribution in [0.5, 0.6) is 0 Å². The minimum absolute atomic E-state index is 0.0764. The predicted octanol–water partition coefficient (Wildman–Crippen LogP) is 1.41. The number of guanidine groups is 1. The average molecular weight is 193 g/mol. The van der Waals surface area contributed by atoms with Gasteiger partial charge >= 0.3 is 0 Å². The smallest absolute Gasteiger partial charge is 0.189 e. The van der Waals surface area contributed by atoms with Crippen LogP contribution in [0, 0.1) is 0 Å². The number of hydrogen-bond donors (Lipinski definition) is 2. The van der Waals surface area contributed by atoms with Gasteiger partial charge in [-0.2, -0.15) is 0 Å². The van der Waals surface area contributed by atoms with Crippen molar-refractivity contribution < 1.29 is 4.42 Å². The normalized spacial score (nSPS) is 19.4. The van der Waals surface area contributed by atoms with Gasteiger partial charge in [0.05, 0.1) is 18.3 Å². The van der Waals surface area contributed by atoms with Crippen LogP contribution in [0.4, 0.5) is 0 Å². The Morgan fingerprint density at radius 1 is 1.71 bits per heavy atom. The summed E-state index contributed by atoms with van der Waals surface area (Å²) in [5, 5.41) is 3.09. The van der Waals surface area contributed by atoms with Crippen LogP contribution in [-0.4, -0.2) is 12.0 Å². The molecule has 14 heavy (non-hydrogen) atoms. The summed E-state index contributed by atoms with van der Waals surface area (Å²) in [4.78, 5) is 4.28. The lowest BCUT2D eigenvalue weighted by Crippen LogP contribution is -2.33. The van der Waals surface area contributed by atoms with E-state index in [2.05, 4.69) is 10.3 Å². The van der Waals surface area contributed by atoms with Crippen molar-refractivity contribution >= 4 is 5.96 Å². The predicted molar refractivity (Wildman–Crippen MR) is 54.9 cm³/mol. The molecule has 0 saturated heterocycles. The summed E-state index contributed by atoms with van der Waals surface area (Å²) in [6.07, 6.45) is 3.98. The summed E-state index contributed by atoms with van der Waals surface area (Å²) in [6.45, 7) is 1.99. The van der Waals surface area contributed by atoms with E-state index in [-0.39, 0.29) is 6.04 Å². The monoisotopic (exact) mass is 193 g/mol. The summed E-state index contributed by atoms with van der Waals surface area (Å²) >= 11 is 0. The van der Waals surface area contributed by atoms with Crippen molar-refractivity contribution in [1.82, 2.24) is 5.32 Å². The van der Waals surface area contributed by atoms with E-state index in [9.17, 15) is 0 Å². The molecule has 1 aliphatic rings. The number of nitrogens with two attached hydrogens (primary N) is 1. The summed E-state index contributed by atoms with van der Waals surface area (Å²) in [5.41, 5.74) is 5.72. The highest BCUT2D eigenvalue weighted by Gasteiger charge is 2.21. The standard InChI is InChI=1S/C10H15N3O/c1-7(9-3-2-6-14-9)12-10(11)13-8-4-5-8/h2-3,6-8H,4-5H2,1H3,(H3,11,12,13)/t7-/m0/s1. The fraction of sp³-hybridized carbons (Fsp3) is 0.500. The number of furan rings is 1. The van der Waals surface area contributed by atoms with Crippen molar-refractivity contribution in [2.45, 2.75) is 31.8 Å². The molecule has 1 aromatic heterocycles. The molecule has 0 bridgehead atoms. The van der Waals surface area contributed by atoms with Crippen LogP contribution < -0.4 is 11.1 Å². The first-order valence-electron chi connectivity index (χ1n) is 4.89. The first-order chi connectivity index (χ1) is 6.75. The van der Waals surface area contributed by atoms with Crippen molar-refractivity contribution in [2.75, 3.05) is 0 Å². The third-order valence-electron chi connectivity index (χ3n) is 2.20. The molecule has 3 N–H and O–H groups in total. The summed E-state index contributed by atoms with van der Waals surface area (Å²) in [5.74, 6) is 1.38. The molecular formula is C10H15N3O. The summed E-state index contributed by atoms with van der Waals surface area (Å²) < 4.78 is 5.24. The van der Waals surface area contributed by atoms with E-state index in [4.69, 9.17) is 10.2 Å². The molecule has 1 saturated carbocycles. The molecule has 0 radical (unpaired) electrons. The third kappa shape index (κ3) is 2.28. The molecule has 4 nitrogen and oxygen atoms in total. The van der Waals surface area contributed by atoms with Gasteiger partial charge in [0.1, 0.15) is 5.76 Å². The maximum atomic E-state index is 5.72. The SMILES string of the molecule is C[C@H](NC(N)=NC1CC1)c1ccco1. The van der Waals surface area contributed by atoms with Crippen LogP contribution in [0.2, 0.25) is 0 Å². The summed E-state index contributed by atoms with van der Waals surface area (Å²) in [6, 6.07) is 4.31. The van der Waals surface area contributed by atoms with Crippen molar-refractivity contribution in [3.05, 3.63) is 24.2 Å². The zero-order chi connectivity index (χ0) is 9.97. The Balaban J connectivity index is 1.90. The van der Waals surface area contributed by atoms with Gasteiger partial charge < -0.3 is 15.5 Å². The second-order valence-electron chi connectivity index (χ2n) is 3.63. The molecule has 1 aromatic rings. The Hall–Kier alpha value is -1.45. The number of aliphatic imine (C=N–C) groups is 1. The van der Waals surface area contributed by atoms with Crippen LogP contribution in [0.3, 0.4) is 0 Å². The highest BCUT2D eigenvalue weighted by atomic mass is 16.3. The number of nitrogens with one attached hydrogen (secondary N) is 1. The van der Waals surface area contributed by atoms with Gasteiger partial charge in [-0.15, -0.1) is 0 Å². The van der Waals surface area contributed by atoms with Gasteiger partial charge in [0, 0.05) is 0 Å². The lowest BCUT2D eigenvalue weighted by Gasteiger charge is -2.11. The van der Waals surface area contributed by atoms with Crippen molar-refractivity contribution in [3.8, 4) is 0 Å². The molecule has 1 fully saturated rings. The second kappa shape index (κ2) is 3.74. The van der Waals surface area contributed by atoms with Gasteiger partial charge in [0.15, 0.2) is 5.96 Å². The molecule has 0 amide bonds. The Morgan fingerprint density at radius 2 is 2.50 bits per heavy atom. The molecule has 0 spiro atoms. The average Bonchev–Trinajstić information content (AvgIpc) is 2.80. The maximum absolute atomic E-state index is 5.72. The molecule has 2 rings (SSSR count). The second-order valence-corrected chi connectivity index (χ2v) is 3.63. The third-order valence-corrected chi connectivity index (χ3v) is 2.20. The van der Waals surface area contributed by atoms with E-state index in [1.807, 2.05) is 19.1 Å². The first kappa shape index (κ1) is 9.12. The van der Waals surface area contributed by atoms with Gasteiger partial charge in [-0.1, -0.05) is 0 Å². The van der Waals surface area contributed by atoms with E-state index in [1.54, 1.807) is 6.26 Å². The minimum atomic E-state index is 0.0764. The van der Waals surface area contributed by atoms with E-state index < -0.39 is 0 Å². The topological polar surface area (TPSA) is 63.5 Å². The van der Waals surface area contributed by atoms with Gasteiger partial charge in [0.2, 0.25) is 0 Å². The van der Waals surface area contributed by atoms with Gasteiger partial charge in [0.25, 0.3) is 0 Å². The first-order valence-corrected chi connectivity index (χ1v) is 4.89. The molecule has 4 heteroatoms. The van der Waals surface area contributed by atoms with E-state index in [1.165, 1.54) is 0 Å². The van der Waals surface area contributed by atoms with Crippen LogP contribution >= 0.6 is 0 Å². The molecule has 1 heterocycles. The van der Waals surface area contributed by atoms with Crippen LogP contribution in [0.25, 0.3) is 0 Å². The van der Waals surface area contributed by atoms with Crippen molar-refractivity contribution in [3.63, 3.8) is 0 Å². The zero-order valence-corrected chi connectivity index (χ0v) is 8.23. The summed E-state index contributed by atoms with van der Waals surface area (Å²) in [7, 11) is 0. The molecule has 1 aliphatic carbocycles. The molecule has 0 unspecified atom stereocenters. The molecule has 1 atom stereocenters. The van der Waals surface area contributed by atoms with Gasteiger partial charge in [-0.25, -0.2) is 0 Å². The Kier molecular flexibility index (Phi) is 2.43. The Bertz CT molecular complexity index is 314. The largest absolute Gasteiger partial charge is 0.467 e. The molecule has 0 aliphatic heterocycles. The highest BCUT2D eigenvalue weighted by molar-refractivity contribution is 5.78. The number of nitrogens with zero attached hydrogens (tertiary/aromatic N) is 1. The van der Waals surface area contributed by atoms with Crippen LogP contribution in [-0.2, 0) is 0 Å². The Labute approximate surface area is 83.2 Å². The fourth-order valence-corrected chi connectivity index (χ4v) is 1.27. The minimum Gasteiger partial charge on any atom is -0.467 e. The quantitative estimate of drug-likeness (QED) is 0.563. The Morgan fingerprint density at radius 3 is 3.07 bits per heavy atom. The van der Waals surface area contributed by atoms with Gasteiger partial charge in [-0.3, -0.25) is 4.99 Å². The molecular weight excluding hydrogens is 178 g/mol. The van der Waals surface area contributed by atoms with Crippen molar-refractivity contribution in [2.24, 2.45) is 10.7 Å². The fourth-order valence-electron chi connectivity index (χ4n) is 1.27. The lowest BCUT2D eigenvalue weighted by molar-refractivity contribution is 0.462. The van der Waals surface area contributed by atoms with E-state index in [0.717, 1.165) is 18.6 Å². The van der Waals surface area contributed by atoms with Gasteiger partial charge in [-0.05, 0) is 31.9 Å². The lowest BCUT2D eigenvalue weighted by atomic mass is 10.2. The molecule has 0 aromatic carbocycles. The maximum Gasteiger partial charge on any atom is 0.189 e. The molecule has 76 valence electrons. The zero-order valence-electron chi connectivity index (χ0n) is 8.23. The highest BCUT2D eigenvalue weighted by Crippen LogP contribution is 2.23. The van der Waals surface area contributed by atoms with E-state index in [0.29, 0.717) is 12.0 Å². The number of hydrogen-bond acceptors (Lipinski definition) is 2. The van der Waals surface area contributed by atoms with Crippen LogP contribution in [0.1, 0.15) is 31.6 Å². The van der Waals surface area contributed by atoms with Crippen molar-refractivity contribution in [1.29, 1.82) is 0 Å². The number of rotatable bonds is 3. The van der Waals surface area contributed by atoms with Crippen LogP contribution in [0.15, 0.2) is 27.8 Å². The van der Waals surface area contributed by atoms with E-state index >= 15 is 0 Å².